The minimum absolute atomic E-state index is 0.221. The van der Waals surface area contributed by atoms with Crippen molar-refractivity contribution in [3.05, 3.63) is 70.8 Å². The van der Waals surface area contributed by atoms with Gasteiger partial charge in [-0.05, 0) is 35.6 Å². The topological polar surface area (TPSA) is 54.4 Å². The summed E-state index contributed by atoms with van der Waals surface area (Å²) < 4.78 is 0. The molecule has 0 aliphatic carbocycles. The number of benzene rings is 2. The number of carbonyl (C=O) groups excluding carboxylic acids is 1. The Kier molecular flexibility index (Phi) is 4.31. The molecule has 0 radical (unpaired) electrons. The Morgan fingerprint density at radius 2 is 1.80 bits per heavy atom. The molecule has 0 saturated heterocycles. The molecule has 0 aromatic heterocycles. The number of carboxylic acid groups (broad SMARTS) is 1. The minimum Gasteiger partial charge on any atom is -0.478 e. The summed E-state index contributed by atoms with van der Waals surface area (Å²) in [7, 11) is 0. The molecule has 0 amide bonds. The highest BCUT2D eigenvalue weighted by molar-refractivity contribution is 5.87. The van der Waals surface area contributed by atoms with Crippen molar-refractivity contribution in [1.29, 1.82) is 0 Å². The van der Waals surface area contributed by atoms with E-state index in [2.05, 4.69) is 6.92 Å². The maximum atomic E-state index is 11.0. The molecular weight excluding hydrogens is 252 g/mol. The van der Waals surface area contributed by atoms with E-state index in [1.807, 2.05) is 36.4 Å². The number of hydrogen-bond acceptors (Lipinski definition) is 2. The van der Waals surface area contributed by atoms with Crippen LogP contribution in [-0.4, -0.2) is 17.4 Å². The zero-order valence-electron chi connectivity index (χ0n) is 11.2. The lowest BCUT2D eigenvalue weighted by molar-refractivity contribution is 0.0696. The van der Waals surface area contributed by atoms with E-state index in [0.717, 1.165) is 23.8 Å². The summed E-state index contributed by atoms with van der Waals surface area (Å²) in [5, 5.41) is 8.88. The van der Waals surface area contributed by atoms with Crippen LogP contribution in [0.4, 0.5) is 0 Å². The summed E-state index contributed by atoms with van der Waals surface area (Å²) in [4.78, 5) is 21.8. The van der Waals surface area contributed by atoms with E-state index in [1.54, 1.807) is 12.1 Å². The van der Waals surface area contributed by atoms with E-state index in [9.17, 15) is 9.59 Å². The largest absolute Gasteiger partial charge is 0.478 e. The van der Waals surface area contributed by atoms with Gasteiger partial charge in [-0.15, -0.1) is 0 Å². The van der Waals surface area contributed by atoms with Crippen LogP contribution in [0.5, 0.6) is 0 Å². The average Bonchev–Trinajstić information content (AvgIpc) is 2.48. The van der Waals surface area contributed by atoms with Crippen LogP contribution in [0.2, 0.25) is 0 Å². The third-order valence-corrected chi connectivity index (χ3v) is 3.43. The molecule has 0 bridgehead atoms. The van der Waals surface area contributed by atoms with Crippen molar-refractivity contribution < 1.29 is 14.7 Å². The lowest BCUT2D eigenvalue weighted by Crippen LogP contribution is -2.02. The first-order valence-electron chi connectivity index (χ1n) is 6.48. The second-order valence-corrected chi connectivity index (χ2v) is 4.85. The summed E-state index contributed by atoms with van der Waals surface area (Å²) >= 11 is 0. The Balaban J connectivity index is 2.17. The van der Waals surface area contributed by atoms with Crippen molar-refractivity contribution in [1.82, 2.24) is 0 Å². The Morgan fingerprint density at radius 3 is 2.40 bits per heavy atom. The minimum atomic E-state index is -0.921. The lowest BCUT2D eigenvalue weighted by Gasteiger charge is -2.13. The van der Waals surface area contributed by atoms with Gasteiger partial charge in [0.25, 0.3) is 0 Å². The number of aromatic carboxylic acids is 1. The molecule has 0 spiro atoms. The van der Waals surface area contributed by atoms with Gasteiger partial charge in [0.2, 0.25) is 0 Å². The smallest absolute Gasteiger partial charge is 0.335 e. The quantitative estimate of drug-likeness (QED) is 0.844. The summed E-state index contributed by atoms with van der Waals surface area (Å²) in [6.45, 7) is 2.07. The highest BCUT2D eigenvalue weighted by Gasteiger charge is 2.10. The third kappa shape index (κ3) is 3.12. The van der Waals surface area contributed by atoms with Crippen molar-refractivity contribution in [3.8, 4) is 0 Å². The normalized spacial score (nSPS) is 11.8. The SMILES string of the molecule is C[C@@H](Cc1ccccc1C=O)c1ccc(C(=O)O)cc1. The molecule has 1 N–H and O–H groups in total. The van der Waals surface area contributed by atoms with Crippen LogP contribution in [0.3, 0.4) is 0 Å². The van der Waals surface area contributed by atoms with Gasteiger partial charge in [-0.2, -0.15) is 0 Å². The predicted molar refractivity (Wildman–Crippen MR) is 77.3 cm³/mol. The average molecular weight is 268 g/mol. The van der Waals surface area contributed by atoms with E-state index < -0.39 is 5.97 Å². The standard InChI is InChI=1S/C17H16O3/c1-12(10-15-4-2-3-5-16(15)11-18)13-6-8-14(9-7-13)17(19)20/h2-9,11-12H,10H2,1H3,(H,19,20)/t12-/m0/s1. The first kappa shape index (κ1) is 14.0. The van der Waals surface area contributed by atoms with Gasteiger partial charge >= 0.3 is 5.97 Å². The Labute approximate surface area is 117 Å². The zero-order valence-corrected chi connectivity index (χ0v) is 11.2. The first-order chi connectivity index (χ1) is 9.61. The molecule has 2 rings (SSSR count). The van der Waals surface area contributed by atoms with E-state index in [-0.39, 0.29) is 11.5 Å². The van der Waals surface area contributed by atoms with Crippen LogP contribution >= 0.6 is 0 Å². The van der Waals surface area contributed by atoms with Crippen molar-refractivity contribution >= 4 is 12.3 Å². The first-order valence-corrected chi connectivity index (χ1v) is 6.48. The van der Waals surface area contributed by atoms with Crippen LogP contribution in [0, 0.1) is 0 Å². The summed E-state index contributed by atoms with van der Waals surface area (Å²) in [6.07, 6.45) is 1.62. The molecule has 20 heavy (non-hydrogen) atoms. The van der Waals surface area contributed by atoms with E-state index in [4.69, 9.17) is 5.11 Å². The summed E-state index contributed by atoms with van der Waals surface area (Å²) in [5.41, 5.74) is 3.07. The number of aldehydes is 1. The zero-order chi connectivity index (χ0) is 14.5. The van der Waals surface area contributed by atoms with E-state index in [0.29, 0.717) is 5.56 Å². The van der Waals surface area contributed by atoms with Gasteiger partial charge in [0, 0.05) is 5.56 Å². The van der Waals surface area contributed by atoms with Gasteiger partial charge in [0.1, 0.15) is 6.29 Å². The predicted octanol–water partition coefficient (Wildman–Crippen LogP) is 3.54. The molecule has 0 heterocycles. The molecule has 0 fully saturated rings. The van der Waals surface area contributed by atoms with Crippen LogP contribution < -0.4 is 0 Å². The van der Waals surface area contributed by atoms with Crippen molar-refractivity contribution in [2.45, 2.75) is 19.3 Å². The second kappa shape index (κ2) is 6.15. The van der Waals surface area contributed by atoms with Crippen LogP contribution in [-0.2, 0) is 6.42 Å². The van der Waals surface area contributed by atoms with Crippen molar-refractivity contribution in [2.24, 2.45) is 0 Å². The Morgan fingerprint density at radius 1 is 1.15 bits per heavy atom. The summed E-state index contributed by atoms with van der Waals surface area (Å²) in [5.74, 6) is -0.700. The maximum absolute atomic E-state index is 11.0. The van der Waals surface area contributed by atoms with Gasteiger partial charge in [0.15, 0.2) is 0 Å². The maximum Gasteiger partial charge on any atom is 0.335 e. The molecule has 3 heteroatoms. The molecular formula is C17H16O3. The monoisotopic (exact) mass is 268 g/mol. The Hall–Kier alpha value is -2.42. The fourth-order valence-corrected chi connectivity index (χ4v) is 2.24. The van der Waals surface area contributed by atoms with Gasteiger partial charge in [-0.25, -0.2) is 4.79 Å². The molecule has 102 valence electrons. The lowest BCUT2D eigenvalue weighted by atomic mass is 9.91. The molecule has 0 saturated carbocycles. The third-order valence-electron chi connectivity index (χ3n) is 3.43. The number of carboxylic acids is 1. The summed E-state index contributed by atoms with van der Waals surface area (Å²) in [6, 6.07) is 14.4. The van der Waals surface area contributed by atoms with E-state index in [1.165, 1.54) is 0 Å². The van der Waals surface area contributed by atoms with Crippen LogP contribution in [0.25, 0.3) is 0 Å². The number of carbonyl (C=O) groups is 2. The highest BCUT2D eigenvalue weighted by atomic mass is 16.4. The Bertz CT molecular complexity index is 614. The van der Waals surface area contributed by atoms with E-state index >= 15 is 0 Å². The molecule has 0 aliphatic rings. The van der Waals surface area contributed by atoms with Gasteiger partial charge in [-0.1, -0.05) is 43.3 Å². The van der Waals surface area contributed by atoms with Crippen LogP contribution in [0.1, 0.15) is 44.7 Å². The number of hydrogen-bond donors (Lipinski definition) is 1. The molecule has 0 aliphatic heterocycles. The van der Waals surface area contributed by atoms with Crippen molar-refractivity contribution in [3.63, 3.8) is 0 Å². The second-order valence-electron chi connectivity index (χ2n) is 4.85. The molecule has 3 nitrogen and oxygen atoms in total. The number of rotatable bonds is 5. The highest BCUT2D eigenvalue weighted by Crippen LogP contribution is 2.22. The molecule has 2 aromatic carbocycles. The van der Waals surface area contributed by atoms with Gasteiger partial charge in [0.05, 0.1) is 5.56 Å². The fraction of sp³-hybridized carbons (Fsp3) is 0.176. The molecule has 0 unspecified atom stereocenters. The van der Waals surface area contributed by atoms with Crippen molar-refractivity contribution in [2.75, 3.05) is 0 Å². The van der Waals surface area contributed by atoms with Crippen LogP contribution in [0.15, 0.2) is 48.5 Å². The van der Waals surface area contributed by atoms with Gasteiger partial charge < -0.3 is 5.11 Å². The van der Waals surface area contributed by atoms with Gasteiger partial charge in [-0.3, -0.25) is 4.79 Å². The fourth-order valence-electron chi connectivity index (χ4n) is 2.24. The molecule has 2 aromatic rings. The molecule has 1 atom stereocenters.